The van der Waals surface area contributed by atoms with Gasteiger partial charge in [0.05, 0.1) is 18.9 Å². The highest BCUT2D eigenvalue weighted by Gasteiger charge is 2.20. The molecule has 1 aromatic heterocycles. The van der Waals surface area contributed by atoms with Crippen molar-refractivity contribution in [1.29, 1.82) is 0 Å². The molecule has 1 saturated heterocycles. The fraction of sp³-hybridized carbons (Fsp3) is 0.438. The Hall–Kier alpha value is -2.01. The third-order valence-corrected chi connectivity index (χ3v) is 3.71. The van der Waals surface area contributed by atoms with E-state index in [9.17, 15) is 5.11 Å². The molecule has 1 fully saturated rings. The predicted molar refractivity (Wildman–Crippen MR) is 82.7 cm³/mol. The van der Waals surface area contributed by atoms with Gasteiger partial charge in [-0.25, -0.2) is 0 Å². The summed E-state index contributed by atoms with van der Waals surface area (Å²) >= 11 is 0. The van der Waals surface area contributed by atoms with Crippen LogP contribution < -0.4 is 4.90 Å². The van der Waals surface area contributed by atoms with Crippen LogP contribution in [0.4, 0.5) is 5.69 Å². The minimum Gasteiger partial charge on any atom is -0.508 e. The molecule has 0 bridgehead atoms. The Bertz CT molecular complexity index is 616. The second-order valence-corrected chi connectivity index (χ2v) is 5.59. The Morgan fingerprint density at radius 2 is 2.00 bits per heavy atom. The molecule has 0 aliphatic carbocycles. The van der Waals surface area contributed by atoms with Gasteiger partial charge in [-0.05, 0) is 26.0 Å². The number of anilines is 1. The summed E-state index contributed by atoms with van der Waals surface area (Å²) in [5.74, 6) is 0.263. The van der Waals surface area contributed by atoms with Crippen molar-refractivity contribution in [1.82, 2.24) is 9.78 Å². The van der Waals surface area contributed by atoms with Crippen LogP contribution >= 0.6 is 0 Å². The molecule has 1 N–H and O–H groups in total. The largest absolute Gasteiger partial charge is 0.508 e. The summed E-state index contributed by atoms with van der Waals surface area (Å²) in [6.45, 7) is 7.45. The number of aromatic nitrogens is 2. The number of nitrogens with zero attached hydrogens (tertiary/aromatic N) is 3. The minimum absolute atomic E-state index is 0.263. The molecule has 1 aliphatic rings. The van der Waals surface area contributed by atoms with E-state index in [1.54, 1.807) is 12.1 Å². The van der Waals surface area contributed by atoms with Crippen molar-refractivity contribution in [3.8, 4) is 17.0 Å². The molecule has 0 spiro atoms. The van der Waals surface area contributed by atoms with E-state index in [1.807, 2.05) is 16.8 Å². The normalized spacial score (nSPS) is 15.7. The summed E-state index contributed by atoms with van der Waals surface area (Å²) in [6, 6.07) is 7.57. The van der Waals surface area contributed by atoms with Crippen molar-refractivity contribution >= 4 is 5.69 Å². The molecule has 0 saturated carbocycles. The minimum atomic E-state index is 0.263. The molecule has 5 nitrogen and oxygen atoms in total. The molecule has 0 amide bonds. The van der Waals surface area contributed by atoms with Gasteiger partial charge in [-0.1, -0.05) is 12.1 Å². The molecule has 0 atom stereocenters. The van der Waals surface area contributed by atoms with Gasteiger partial charge in [-0.3, -0.25) is 4.68 Å². The SMILES string of the molecule is CC(C)n1cc(N2CCOCC2)c(-c2cccc(O)c2)n1. The number of morpholine rings is 1. The number of phenols is 1. The number of rotatable bonds is 3. The number of hydrogen-bond donors (Lipinski definition) is 1. The summed E-state index contributed by atoms with van der Waals surface area (Å²) in [5, 5.41) is 14.4. The highest BCUT2D eigenvalue weighted by atomic mass is 16.5. The lowest BCUT2D eigenvalue weighted by Crippen LogP contribution is -2.36. The van der Waals surface area contributed by atoms with Crippen molar-refractivity contribution in [3.05, 3.63) is 30.5 Å². The van der Waals surface area contributed by atoms with E-state index >= 15 is 0 Å². The van der Waals surface area contributed by atoms with Crippen LogP contribution in [0, 0.1) is 0 Å². The van der Waals surface area contributed by atoms with Crippen molar-refractivity contribution in [2.45, 2.75) is 19.9 Å². The number of phenolic OH excluding ortho intramolecular Hbond substituents is 1. The Morgan fingerprint density at radius 1 is 1.24 bits per heavy atom. The van der Waals surface area contributed by atoms with Crippen LogP contribution in [0.5, 0.6) is 5.75 Å². The maximum absolute atomic E-state index is 9.72. The molecule has 5 heteroatoms. The van der Waals surface area contributed by atoms with E-state index in [4.69, 9.17) is 9.84 Å². The maximum atomic E-state index is 9.72. The van der Waals surface area contributed by atoms with E-state index < -0.39 is 0 Å². The summed E-state index contributed by atoms with van der Waals surface area (Å²) in [6.07, 6.45) is 2.09. The van der Waals surface area contributed by atoms with E-state index in [-0.39, 0.29) is 5.75 Å². The van der Waals surface area contributed by atoms with Gasteiger partial charge in [-0.2, -0.15) is 5.10 Å². The van der Waals surface area contributed by atoms with Gasteiger partial charge in [0.2, 0.25) is 0 Å². The lowest BCUT2D eigenvalue weighted by Gasteiger charge is -2.28. The molecule has 1 aliphatic heterocycles. The van der Waals surface area contributed by atoms with Crippen molar-refractivity contribution in [2.75, 3.05) is 31.2 Å². The monoisotopic (exact) mass is 287 g/mol. The van der Waals surface area contributed by atoms with Crippen LogP contribution in [-0.2, 0) is 4.74 Å². The summed E-state index contributed by atoms with van der Waals surface area (Å²) in [4.78, 5) is 2.30. The van der Waals surface area contributed by atoms with Gasteiger partial charge in [0.25, 0.3) is 0 Å². The van der Waals surface area contributed by atoms with Gasteiger partial charge < -0.3 is 14.7 Å². The fourth-order valence-electron chi connectivity index (χ4n) is 2.54. The van der Waals surface area contributed by atoms with E-state index in [0.717, 1.165) is 43.2 Å². The molecule has 3 rings (SSSR count). The van der Waals surface area contributed by atoms with Crippen molar-refractivity contribution in [2.24, 2.45) is 0 Å². The molecule has 2 heterocycles. The van der Waals surface area contributed by atoms with Crippen LogP contribution in [0.15, 0.2) is 30.5 Å². The average Bonchev–Trinajstić information content (AvgIpc) is 2.93. The number of ether oxygens (including phenoxy) is 1. The zero-order valence-corrected chi connectivity index (χ0v) is 12.5. The zero-order chi connectivity index (χ0) is 14.8. The topological polar surface area (TPSA) is 50.5 Å². The Balaban J connectivity index is 2.04. The second-order valence-electron chi connectivity index (χ2n) is 5.59. The van der Waals surface area contributed by atoms with E-state index in [2.05, 4.69) is 24.9 Å². The first-order valence-electron chi connectivity index (χ1n) is 7.36. The zero-order valence-electron chi connectivity index (χ0n) is 12.5. The van der Waals surface area contributed by atoms with E-state index in [0.29, 0.717) is 6.04 Å². The van der Waals surface area contributed by atoms with Crippen molar-refractivity contribution < 1.29 is 9.84 Å². The van der Waals surface area contributed by atoms with Gasteiger partial charge in [0.1, 0.15) is 11.4 Å². The Labute approximate surface area is 124 Å². The first kappa shape index (κ1) is 13.9. The predicted octanol–water partition coefficient (Wildman–Crippen LogP) is 2.67. The lowest BCUT2D eigenvalue weighted by atomic mass is 10.1. The third kappa shape index (κ3) is 2.88. The van der Waals surface area contributed by atoms with Gasteiger partial charge in [0.15, 0.2) is 0 Å². The number of benzene rings is 1. The standard InChI is InChI=1S/C16H21N3O2/c1-12(2)19-11-15(18-6-8-21-9-7-18)16(17-19)13-4-3-5-14(20)10-13/h3-5,10-12,20H,6-9H2,1-2H3. The van der Waals surface area contributed by atoms with Crippen LogP contribution in [-0.4, -0.2) is 41.2 Å². The second kappa shape index (κ2) is 5.77. The van der Waals surface area contributed by atoms with Crippen LogP contribution in [0.3, 0.4) is 0 Å². The van der Waals surface area contributed by atoms with Crippen LogP contribution in [0.1, 0.15) is 19.9 Å². The van der Waals surface area contributed by atoms with Crippen LogP contribution in [0.25, 0.3) is 11.3 Å². The number of hydrogen-bond acceptors (Lipinski definition) is 4. The molecule has 2 aromatic rings. The quantitative estimate of drug-likeness (QED) is 0.943. The maximum Gasteiger partial charge on any atom is 0.116 e. The smallest absolute Gasteiger partial charge is 0.116 e. The Morgan fingerprint density at radius 3 is 2.67 bits per heavy atom. The highest BCUT2D eigenvalue weighted by molar-refractivity contribution is 5.75. The summed E-state index contributed by atoms with van der Waals surface area (Å²) < 4.78 is 7.41. The summed E-state index contributed by atoms with van der Waals surface area (Å²) in [5.41, 5.74) is 2.97. The third-order valence-electron chi connectivity index (χ3n) is 3.71. The lowest BCUT2D eigenvalue weighted by molar-refractivity contribution is 0.122. The molecule has 21 heavy (non-hydrogen) atoms. The van der Waals surface area contributed by atoms with Gasteiger partial charge in [-0.15, -0.1) is 0 Å². The van der Waals surface area contributed by atoms with Gasteiger partial charge in [0, 0.05) is 30.9 Å². The molecular weight excluding hydrogens is 266 g/mol. The van der Waals surface area contributed by atoms with Gasteiger partial charge >= 0.3 is 0 Å². The summed E-state index contributed by atoms with van der Waals surface area (Å²) in [7, 11) is 0. The number of aromatic hydroxyl groups is 1. The first-order valence-corrected chi connectivity index (χ1v) is 7.36. The molecule has 112 valence electrons. The Kier molecular flexibility index (Phi) is 3.84. The average molecular weight is 287 g/mol. The first-order chi connectivity index (χ1) is 10.1. The van der Waals surface area contributed by atoms with Crippen LogP contribution in [0.2, 0.25) is 0 Å². The molecular formula is C16H21N3O2. The fourth-order valence-corrected chi connectivity index (χ4v) is 2.54. The van der Waals surface area contributed by atoms with E-state index in [1.165, 1.54) is 0 Å². The van der Waals surface area contributed by atoms with Crippen molar-refractivity contribution in [3.63, 3.8) is 0 Å². The molecule has 1 aromatic carbocycles. The molecule has 0 unspecified atom stereocenters. The molecule has 0 radical (unpaired) electrons. The highest BCUT2D eigenvalue weighted by Crippen LogP contribution is 2.32.